The molecule has 0 saturated carbocycles. The lowest BCUT2D eigenvalue weighted by Crippen LogP contribution is -2.21. The summed E-state index contributed by atoms with van der Waals surface area (Å²) in [5, 5.41) is 5.66. The molecule has 0 aromatic heterocycles. The molecule has 0 unspecified atom stereocenters. The number of rotatable bonds is 5. The predicted octanol–water partition coefficient (Wildman–Crippen LogP) is 3.71. The number of amides is 2. The SMILES string of the molecule is CC(C)c1cccc(OCC(=O)Nc2ccc3c(c2)CCC(=O)N3)c1. The monoisotopic (exact) mass is 338 g/mol. The van der Waals surface area contributed by atoms with E-state index in [-0.39, 0.29) is 18.4 Å². The summed E-state index contributed by atoms with van der Waals surface area (Å²) >= 11 is 0. The Kier molecular flexibility index (Phi) is 5.03. The van der Waals surface area contributed by atoms with Gasteiger partial charge in [0.25, 0.3) is 5.91 Å². The van der Waals surface area contributed by atoms with E-state index < -0.39 is 0 Å². The summed E-state index contributed by atoms with van der Waals surface area (Å²) < 4.78 is 5.59. The fourth-order valence-electron chi connectivity index (χ4n) is 2.77. The van der Waals surface area contributed by atoms with Gasteiger partial charge in [-0.15, -0.1) is 0 Å². The quantitative estimate of drug-likeness (QED) is 0.873. The maximum atomic E-state index is 12.1. The molecule has 0 bridgehead atoms. The van der Waals surface area contributed by atoms with Crippen molar-refractivity contribution >= 4 is 23.2 Å². The Hall–Kier alpha value is -2.82. The van der Waals surface area contributed by atoms with Gasteiger partial charge < -0.3 is 15.4 Å². The van der Waals surface area contributed by atoms with Crippen molar-refractivity contribution in [2.45, 2.75) is 32.6 Å². The number of hydrogen-bond donors (Lipinski definition) is 2. The van der Waals surface area contributed by atoms with E-state index in [1.165, 1.54) is 5.56 Å². The average Bonchev–Trinajstić information content (AvgIpc) is 2.60. The second kappa shape index (κ2) is 7.38. The molecule has 1 aliphatic rings. The molecule has 1 heterocycles. The van der Waals surface area contributed by atoms with Gasteiger partial charge in [-0.05, 0) is 53.8 Å². The zero-order valence-corrected chi connectivity index (χ0v) is 14.5. The topological polar surface area (TPSA) is 67.4 Å². The number of ether oxygens (including phenoxy) is 1. The average molecular weight is 338 g/mol. The summed E-state index contributed by atoms with van der Waals surface area (Å²) in [6.07, 6.45) is 1.16. The summed E-state index contributed by atoms with van der Waals surface area (Å²) in [5.41, 5.74) is 3.73. The number of fused-ring (bicyclic) bond motifs is 1. The molecule has 0 atom stereocenters. The fraction of sp³-hybridized carbons (Fsp3) is 0.300. The molecule has 25 heavy (non-hydrogen) atoms. The highest BCUT2D eigenvalue weighted by molar-refractivity contribution is 5.96. The highest BCUT2D eigenvalue weighted by Gasteiger charge is 2.15. The lowest BCUT2D eigenvalue weighted by Gasteiger charge is -2.17. The van der Waals surface area contributed by atoms with Crippen molar-refractivity contribution in [1.29, 1.82) is 0 Å². The largest absolute Gasteiger partial charge is 0.484 e. The standard InChI is InChI=1S/C20H22N2O3/c1-13(2)14-4-3-5-17(11-14)25-12-20(24)21-16-7-8-18-15(10-16)6-9-19(23)22-18/h3-5,7-8,10-11,13H,6,9,12H2,1-2H3,(H,21,24)(H,22,23). The van der Waals surface area contributed by atoms with E-state index in [0.29, 0.717) is 30.2 Å². The third-order valence-electron chi connectivity index (χ3n) is 4.18. The van der Waals surface area contributed by atoms with E-state index in [2.05, 4.69) is 24.5 Å². The number of nitrogens with one attached hydrogen (secondary N) is 2. The van der Waals surface area contributed by atoms with Gasteiger partial charge >= 0.3 is 0 Å². The van der Waals surface area contributed by atoms with Crippen molar-refractivity contribution in [1.82, 2.24) is 0 Å². The first kappa shape index (κ1) is 17.0. The molecule has 3 rings (SSSR count). The van der Waals surface area contributed by atoms with E-state index in [0.717, 1.165) is 11.3 Å². The molecule has 0 aliphatic carbocycles. The molecular formula is C20H22N2O3. The molecule has 5 heteroatoms. The Bertz CT molecular complexity index is 799. The molecule has 0 fully saturated rings. The molecule has 130 valence electrons. The zero-order valence-electron chi connectivity index (χ0n) is 14.5. The van der Waals surface area contributed by atoms with Gasteiger partial charge in [0.05, 0.1) is 0 Å². The minimum Gasteiger partial charge on any atom is -0.484 e. The number of benzene rings is 2. The summed E-state index contributed by atoms with van der Waals surface area (Å²) in [6, 6.07) is 13.3. The highest BCUT2D eigenvalue weighted by Crippen LogP contribution is 2.25. The Balaban J connectivity index is 1.58. The number of anilines is 2. The third kappa shape index (κ3) is 4.38. The van der Waals surface area contributed by atoms with Gasteiger partial charge in [0.2, 0.25) is 5.91 Å². The normalized spacial score (nSPS) is 13.2. The minimum atomic E-state index is -0.213. The van der Waals surface area contributed by atoms with Gasteiger partial charge in [-0.1, -0.05) is 26.0 Å². The zero-order chi connectivity index (χ0) is 17.8. The van der Waals surface area contributed by atoms with E-state index in [1.54, 1.807) is 6.07 Å². The summed E-state index contributed by atoms with van der Waals surface area (Å²) in [4.78, 5) is 23.5. The summed E-state index contributed by atoms with van der Waals surface area (Å²) in [5.74, 6) is 0.916. The third-order valence-corrected chi connectivity index (χ3v) is 4.18. The van der Waals surface area contributed by atoms with E-state index in [1.807, 2.05) is 36.4 Å². The molecule has 2 aromatic carbocycles. The van der Waals surface area contributed by atoms with Crippen LogP contribution in [0.3, 0.4) is 0 Å². The number of aryl methyl sites for hydroxylation is 1. The molecule has 5 nitrogen and oxygen atoms in total. The van der Waals surface area contributed by atoms with Crippen LogP contribution in [-0.4, -0.2) is 18.4 Å². The van der Waals surface area contributed by atoms with Gasteiger partial charge in [0.1, 0.15) is 5.75 Å². The smallest absolute Gasteiger partial charge is 0.262 e. The molecule has 1 aliphatic heterocycles. The summed E-state index contributed by atoms with van der Waals surface area (Å²) in [6.45, 7) is 4.18. The molecule has 0 spiro atoms. The predicted molar refractivity (Wildman–Crippen MR) is 98.0 cm³/mol. The Morgan fingerprint density at radius 2 is 2.04 bits per heavy atom. The molecule has 2 aromatic rings. The van der Waals surface area contributed by atoms with Crippen LogP contribution in [0.25, 0.3) is 0 Å². The van der Waals surface area contributed by atoms with Crippen molar-refractivity contribution in [2.75, 3.05) is 17.2 Å². The fourth-order valence-corrected chi connectivity index (χ4v) is 2.77. The van der Waals surface area contributed by atoms with E-state index >= 15 is 0 Å². The maximum Gasteiger partial charge on any atom is 0.262 e. The van der Waals surface area contributed by atoms with Crippen LogP contribution in [0, 0.1) is 0 Å². The van der Waals surface area contributed by atoms with Crippen LogP contribution in [0.15, 0.2) is 42.5 Å². The second-order valence-corrected chi connectivity index (χ2v) is 6.48. The van der Waals surface area contributed by atoms with Crippen molar-refractivity contribution in [2.24, 2.45) is 0 Å². The second-order valence-electron chi connectivity index (χ2n) is 6.48. The lowest BCUT2D eigenvalue weighted by atomic mass is 10.0. The van der Waals surface area contributed by atoms with Crippen LogP contribution in [0.4, 0.5) is 11.4 Å². The van der Waals surface area contributed by atoms with E-state index in [4.69, 9.17) is 4.74 Å². The maximum absolute atomic E-state index is 12.1. The van der Waals surface area contributed by atoms with Gasteiger partial charge in [-0.25, -0.2) is 0 Å². The van der Waals surface area contributed by atoms with Gasteiger partial charge in [-0.2, -0.15) is 0 Å². The van der Waals surface area contributed by atoms with Gasteiger partial charge in [0, 0.05) is 17.8 Å². The van der Waals surface area contributed by atoms with Gasteiger partial charge in [0.15, 0.2) is 6.61 Å². The highest BCUT2D eigenvalue weighted by atomic mass is 16.5. The summed E-state index contributed by atoms with van der Waals surface area (Å²) in [7, 11) is 0. The molecule has 0 radical (unpaired) electrons. The van der Waals surface area contributed by atoms with Crippen LogP contribution < -0.4 is 15.4 Å². The van der Waals surface area contributed by atoms with Crippen LogP contribution in [0.2, 0.25) is 0 Å². The minimum absolute atomic E-state index is 0.0290. The molecule has 2 N–H and O–H groups in total. The van der Waals surface area contributed by atoms with Crippen LogP contribution in [-0.2, 0) is 16.0 Å². The van der Waals surface area contributed by atoms with Gasteiger partial charge in [-0.3, -0.25) is 9.59 Å². The molecule has 2 amide bonds. The first-order valence-electron chi connectivity index (χ1n) is 8.46. The lowest BCUT2D eigenvalue weighted by molar-refractivity contribution is -0.118. The molecular weight excluding hydrogens is 316 g/mol. The van der Waals surface area contributed by atoms with Crippen LogP contribution in [0.5, 0.6) is 5.75 Å². The van der Waals surface area contributed by atoms with Crippen LogP contribution >= 0.6 is 0 Å². The van der Waals surface area contributed by atoms with Crippen molar-refractivity contribution in [3.63, 3.8) is 0 Å². The molecule has 0 saturated heterocycles. The van der Waals surface area contributed by atoms with Crippen molar-refractivity contribution < 1.29 is 14.3 Å². The van der Waals surface area contributed by atoms with E-state index in [9.17, 15) is 9.59 Å². The van der Waals surface area contributed by atoms with Crippen molar-refractivity contribution in [3.05, 3.63) is 53.6 Å². The Morgan fingerprint density at radius 1 is 1.20 bits per heavy atom. The number of carbonyl (C=O) groups excluding carboxylic acids is 2. The Morgan fingerprint density at radius 3 is 2.84 bits per heavy atom. The Labute approximate surface area is 147 Å². The first-order valence-corrected chi connectivity index (χ1v) is 8.46. The number of carbonyl (C=O) groups is 2. The van der Waals surface area contributed by atoms with Crippen LogP contribution in [0.1, 0.15) is 37.3 Å². The van der Waals surface area contributed by atoms with Crippen molar-refractivity contribution in [3.8, 4) is 5.75 Å². The first-order chi connectivity index (χ1) is 12.0. The number of hydrogen-bond acceptors (Lipinski definition) is 3.